The number of amides is 1. The number of hydrogen-bond donors (Lipinski definition) is 2. The van der Waals surface area contributed by atoms with Crippen LogP contribution in [0, 0.1) is 5.82 Å². The predicted octanol–water partition coefficient (Wildman–Crippen LogP) is 3.52. The van der Waals surface area contributed by atoms with Gasteiger partial charge in [0, 0.05) is 27.5 Å². The molecule has 0 saturated carbocycles. The molecule has 1 aromatic carbocycles. The van der Waals surface area contributed by atoms with Crippen molar-refractivity contribution in [2.45, 2.75) is 18.5 Å². The molecule has 2 atom stereocenters. The number of carbonyl (C=O) groups is 1. The minimum Gasteiger partial charge on any atom is -0.325 e. The van der Waals surface area contributed by atoms with Crippen LogP contribution in [0.5, 0.6) is 0 Å². The first-order valence-electron chi connectivity index (χ1n) is 7.42. The number of nitrogens with zero attached hydrogens (tertiary/aromatic N) is 1. The van der Waals surface area contributed by atoms with Crippen molar-refractivity contribution in [2.24, 2.45) is 0 Å². The van der Waals surface area contributed by atoms with Gasteiger partial charge in [-0.25, -0.2) is 4.39 Å². The summed E-state index contributed by atoms with van der Waals surface area (Å²) in [7, 11) is -2.48. The summed E-state index contributed by atoms with van der Waals surface area (Å²) in [6, 6.07) is 4.15. The molecular weight excluding hydrogens is 469 g/mol. The van der Waals surface area contributed by atoms with Crippen molar-refractivity contribution in [3.8, 4) is 0 Å². The number of nitrogens with one attached hydrogen (secondary N) is 2. The van der Waals surface area contributed by atoms with Crippen LogP contribution in [0.4, 0.5) is 10.1 Å². The van der Waals surface area contributed by atoms with E-state index in [1.165, 1.54) is 30.5 Å². The number of thiophene rings is 1. The first-order chi connectivity index (χ1) is 12.2. The molecule has 1 aromatic heterocycles. The van der Waals surface area contributed by atoms with Crippen LogP contribution in [0.2, 0.25) is 5.02 Å². The number of hydrogen-bond acceptors (Lipinski definition) is 4. The highest BCUT2D eigenvalue weighted by Gasteiger charge is 2.41. The third-order valence-electron chi connectivity index (χ3n) is 3.99. The Morgan fingerprint density at radius 3 is 2.81 bits per heavy atom. The number of carbonyl (C=O) groups excluding carboxylic acids is 1. The van der Waals surface area contributed by atoms with Gasteiger partial charge in [-0.05, 0) is 46.6 Å². The van der Waals surface area contributed by atoms with Crippen molar-refractivity contribution in [3.05, 3.63) is 49.8 Å². The molecule has 2 heterocycles. The minimum atomic E-state index is -3.82. The van der Waals surface area contributed by atoms with Gasteiger partial charge in [-0.1, -0.05) is 11.6 Å². The van der Waals surface area contributed by atoms with E-state index in [9.17, 15) is 17.6 Å². The molecule has 3 rings (SSSR count). The van der Waals surface area contributed by atoms with Crippen molar-refractivity contribution >= 4 is 60.7 Å². The molecule has 11 heteroatoms. The van der Waals surface area contributed by atoms with Gasteiger partial charge >= 0.3 is 0 Å². The van der Waals surface area contributed by atoms with E-state index in [4.69, 9.17) is 11.6 Å². The summed E-state index contributed by atoms with van der Waals surface area (Å²) >= 11 is 10.5. The van der Waals surface area contributed by atoms with Gasteiger partial charge in [0.2, 0.25) is 5.91 Å². The zero-order valence-electron chi connectivity index (χ0n) is 13.4. The normalized spacial score (nSPS) is 22.9. The van der Waals surface area contributed by atoms with E-state index in [1.807, 2.05) is 11.4 Å². The summed E-state index contributed by atoms with van der Waals surface area (Å²) in [6.45, 7) is 0. The van der Waals surface area contributed by atoms with Crippen LogP contribution in [0.25, 0.3) is 0 Å². The Morgan fingerprint density at radius 1 is 1.46 bits per heavy atom. The van der Waals surface area contributed by atoms with E-state index in [0.29, 0.717) is 5.69 Å². The van der Waals surface area contributed by atoms with E-state index in [-0.39, 0.29) is 11.4 Å². The molecule has 1 amide bonds. The summed E-state index contributed by atoms with van der Waals surface area (Å²) in [5, 5.41) is 4.31. The number of rotatable bonds is 3. The zero-order chi connectivity index (χ0) is 19.1. The molecule has 26 heavy (non-hydrogen) atoms. The first kappa shape index (κ1) is 19.7. The van der Waals surface area contributed by atoms with E-state index in [2.05, 4.69) is 26.0 Å². The second-order valence-electron chi connectivity index (χ2n) is 5.73. The fraction of sp³-hybridized carbons (Fsp3) is 0.267. The van der Waals surface area contributed by atoms with E-state index in [1.54, 1.807) is 0 Å². The minimum absolute atomic E-state index is 0.129. The second kappa shape index (κ2) is 7.53. The summed E-state index contributed by atoms with van der Waals surface area (Å²) < 4.78 is 42.5. The maximum Gasteiger partial charge on any atom is 0.280 e. The Hall–Kier alpha value is -1.04. The summed E-state index contributed by atoms with van der Waals surface area (Å²) in [6.07, 6.45) is 0.253. The first-order valence-corrected chi connectivity index (χ1v) is 10.9. The lowest BCUT2D eigenvalue weighted by Crippen LogP contribution is -2.55. The average molecular weight is 483 g/mol. The highest BCUT2D eigenvalue weighted by molar-refractivity contribution is 9.10. The lowest BCUT2D eigenvalue weighted by molar-refractivity contribution is -0.120. The Kier molecular flexibility index (Phi) is 5.71. The lowest BCUT2D eigenvalue weighted by Gasteiger charge is -2.35. The number of anilines is 1. The molecule has 2 aromatic rings. The third-order valence-corrected chi connectivity index (χ3v) is 7.68. The van der Waals surface area contributed by atoms with Gasteiger partial charge in [0.1, 0.15) is 11.9 Å². The SMILES string of the molecule is CN1C(C(=O)Nc2ccc(F)c(Cl)c2)CC(c2cc(Br)cs2)NS1(=O)=O. The third kappa shape index (κ3) is 4.10. The fourth-order valence-corrected chi connectivity index (χ4v) is 5.64. The zero-order valence-corrected chi connectivity index (χ0v) is 17.3. The van der Waals surface area contributed by atoms with E-state index in [0.717, 1.165) is 19.7 Å². The van der Waals surface area contributed by atoms with Crippen LogP contribution < -0.4 is 10.0 Å². The Morgan fingerprint density at radius 2 is 2.19 bits per heavy atom. The molecule has 1 saturated heterocycles. The fourth-order valence-electron chi connectivity index (χ4n) is 2.61. The molecule has 1 aliphatic heterocycles. The van der Waals surface area contributed by atoms with Crippen molar-refractivity contribution in [1.82, 2.24) is 9.03 Å². The molecule has 1 fully saturated rings. The van der Waals surface area contributed by atoms with Crippen LogP contribution in [0.1, 0.15) is 17.3 Å². The second-order valence-corrected chi connectivity index (χ2v) is 9.76. The average Bonchev–Trinajstić information content (AvgIpc) is 2.99. The highest BCUT2D eigenvalue weighted by atomic mass is 79.9. The van der Waals surface area contributed by atoms with Crippen LogP contribution >= 0.6 is 38.9 Å². The van der Waals surface area contributed by atoms with Gasteiger partial charge in [0.05, 0.1) is 11.1 Å². The molecule has 140 valence electrons. The Bertz CT molecular complexity index is 953. The molecule has 2 unspecified atom stereocenters. The van der Waals surface area contributed by atoms with Crippen LogP contribution in [-0.4, -0.2) is 31.7 Å². The van der Waals surface area contributed by atoms with Crippen molar-refractivity contribution in [2.75, 3.05) is 12.4 Å². The van der Waals surface area contributed by atoms with E-state index >= 15 is 0 Å². The van der Waals surface area contributed by atoms with Crippen LogP contribution in [0.15, 0.2) is 34.1 Å². The van der Waals surface area contributed by atoms with E-state index < -0.39 is 34.0 Å². The monoisotopic (exact) mass is 481 g/mol. The summed E-state index contributed by atoms with van der Waals surface area (Å²) in [4.78, 5) is 13.5. The molecule has 1 aliphatic rings. The van der Waals surface area contributed by atoms with Crippen molar-refractivity contribution in [1.29, 1.82) is 0 Å². The number of likely N-dealkylation sites (N-methyl/N-ethyl adjacent to an activating group) is 1. The predicted molar refractivity (Wildman–Crippen MR) is 103 cm³/mol. The Balaban J connectivity index is 1.83. The smallest absolute Gasteiger partial charge is 0.280 e. The largest absolute Gasteiger partial charge is 0.325 e. The van der Waals surface area contributed by atoms with Crippen LogP contribution in [0.3, 0.4) is 0 Å². The molecule has 0 radical (unpaired) electrons. The van der Waals surface area contributed by atoms with Crippen molar-refractivity contribution < 1.29 is 17.6 Å². The lowest BCUT2D eigenvalue weighted by atomic mass is 10.1. The van der Waals surface area contributed by atoms with Gasteiger partial charge in [-0.3, -0.25) is 4.79 Å². The van der Waals surface area contributed by atoms with Crippen LogP contribution in [-0.2, 0) is 15.0 Å². The summed E-state index contributed by atoms with van der Waals surface area (Å²) in [5.74, 6) is -1.12. The maximum absolute atomic E-state index is 13.3. The van der Waals surface area contributed by atoms with Gasteiger partial charge in [0.15, 0.2) is 0 Å². The topological polar surface area (TPSA) is 78.5 Å². The maximum atomic E-state index is 13.3. The molecule has 0 bridgehead atoms. The number of benzene rings is 1. The van der Waals surface area contributed by atoms with Crippen molar-refractivity contribution in [3.63, 3.8) is 0 Å². The highest BCUT2D eigenvalue weighted by Crippen LogP contribution is 2.33. The quantitative estimate of drug-likeness (QED) is 0.703. The molecule has 0 spiro atoms. The van der Waals surface area contributed by atoms with Gasteiger partial charge in [-0.15, -0.1) is 11.3 Å². The molecular formula is C15H14BrClFN3O3S2. The molecule has 6 nitrogen and oxygen atoms in total. The number of halogens is 3. The molecule has 0 aliphatic carbocycles. The summed E-state index contributed by atoms with van der Waals surface area (Å²) in [5.41, 5.74) is 0.293. The molecule has 2 N–H and O–H groups in total. The van der Waals surface area contributed by atoms with Gasteiger partial charge < -0.3 is 5.32 Å². The standard InChI is InChI=1S/C15H14BrClFN3O3S2/c1-21-13(15(22)19-9-2-3-11(18)10(17)5-9)6-12(20-26(21,23)24)14-4-8(16)7-25-14/h2-5,7,12-13,20H,6H2,1H3,(H,19,22). The van der Waals surface area contributed by atoms with Gasteiger partial charge in [0.25, 0.3) is 10.2 Å². The van der Waals surface area contributed by atoms with Gasteiger partial charge in [-0.2, -0.15) is 17.4 Å². The Labute approximate surface area is 167 Å².